The fourth-order valence-electron chi connectivity index (χ4n) is 3.68. The first-order valence-corrected chi connectivity index (χ1v) is 12.8. The molecule has 0 radical (unpaired) electrons. The number of hydrogen-bond acceptors (Lipinski definition) is 5. The maximum atomic E-state index is 13.7. The Bertz CT molecular complexity index is 1390. The van der Waals surface area contributed by atoms with Crippen LogP contribution in [0.1, 0.15) is 34.1 Å². The number of amides is 1. The predicted octanol–water partition coefficient (Wildman–Crippen LogP) is 5.83. The summed E-state index contributed by atoms with van der Waals surface area (Å²) in [6, 6.07) is 17.0. The van der Waals surface area contributed by atoms with E-state index in [9.17, 15) is 9.59 Å². The molecule has 0 spiro atoms. The number of nitrogens with zero attached hydrogens (tertiary/aromatic N) is 2. The topological polar surface area (TPSA) is 64.0 Å². The number of aromatic nitrogens is 2. The van der Waals surface area contributed by atoms with E-state index in [0.717, 1.165) is 28.8 Å². The van der Waals surface area contributed by atoms with Crippen LogP contribution in [-0.4, -0.2) is 21.5 Å². The number of halogens is 1. The molecule has 1 atom stereocenters. The number of benzene rings is 2. The first kappa shape index (κ1) is 22.2. The zero-order valence-corrected chi connectivity index (χ0v) is 20.6. The van der Waals surface area contributed by atoms with E-state index in [4.69, 9.17) is 16.6 Å². The molecule has 0 saturated heterocycles. The number of carbonyl (C=O) groups excluding carboxylic acids is 1. The van der Waals surface area contributed by atoms with Crippen molar-refractivity contribution in [2.24, 2.45) is 0 Å². The molecule has 1 saturated carbocycles. The van der Waals surface area contributed by atoms with Crippen LogP contribution >= 0.6 is 34.7 Å². The lowest BCUT2D eigenvalue weighted by Gasteiger charge is -2.19. The summed E-state index contributed by atoms with van der Waals surface area (Å²) >= 11 is 8.91. The van der Waals surface area contributed by atoms with Gasteiger partial charge in [0, 0.05) is 15.9 Å². The highest BCUT2D eigenvalue weighted by atomic mass is 35.5. The molecule has 1 aliphatic rings. The van der Waals surface area contributed by atoms with Gasteiger partial charge in [0.25, 0.3) is 5.56 Å². The number of rotatable bonds is 6. The summed E-state index contributed by atoms with van der Waals surface area (Å²) in [7, 11) is 0. The van der Waals surface area contributed by atoms with Gasteiger partial charge >= 0.3 is 0 Å². The van der Waals surface area contributed by atoms with Crippen molar-refractivity contribution in [2.45, 2.75) is 43.1 Å². The molecule has 33 heavy (non-hydrogen) atoms. The molecule has 0 aliphatic heterocycles. The van der Waals surface area contributed by atoms with Crippen molar-refractivity contribution in [3.05, 3.63) is 86.0 Å². The average Bonchev–Trinajstić information content (AvgIpc) is 3.57. The van der Waals surface area contributed by atoms with Crippen molar-refractivity contribution >= 4 is 50.8 Å². The van der Waals surface area contributed by atoms with Gasteiger partial charge in [-0.25, -0.2) is 4.98 Å². The van der Waals surface area contributed by atoms with E-state index in [1.54, 1.807) is 28.8 Å². The first-order valence-electron chi connectivity index (χ1n) is 10.7. The third-order valence-corrected chi connectivity index (χ3v) is 8.30. The van der Waals surface area contributed by atoms with Crippen molar-refractivity contribution in [2.75, 3.05) is 0 Å². The summed E-state index contributed by atoms with van der Waals surface area (Å²) in [5, 5.41) is 4.27. The summed E-state index contributed by atoms with van der Waals surface area (Å²) in [5.41, 5.74) is 2.34. The van der Waals surface area contributed by atoms with Gasteiger partial charge < -0.3 is 5.32 Å². The minimum absolute atomic E-state index is 0.0655. The number of thioether (sulfide) groups is 1. The number of hydrogen-bond donors (Lipinski definition) is 1. The van der Waals surface area contributed by atoms with Crippen molar-refractivity contribution in [1.82, 2.24) is 14.9 Å². The van der Waals surface area contributed by atoms with Crippen LogP contribution in [0.4, 0.5) is 0 Å². The van der Waals surface area contributed by atoms with Crippen LogP contribution in [0.5, 0.6) is 0 Å². The second-order valence-corrected chi connectivity index (χ2v) is 10.9. The number of fused-ring (bicyclic) bond motifs is 1. The number of carbonyl (C=O) groups is 1. The summed E-state index contributed by atoms with van der Waals surface area (Å²) < 4.78 is 1.60. The van der Waals surface area contributed by atoms with Gasteiger partial charge in [-0.2, -0.15) is 0 Å². The van der Waals surface area contributed by atoms with Gasteiger partial charge in [-0.15, -0.1) is 11.3 Å². The molecule has 1 N–H and O–H groups in total. The Labute approximate surface area is 204 Å². The third kappa shape index (κ3) is 4.45. The number of nitrogens with one attached hydrogen (secondary N) is 1. The molecule has 1 aliphatic carbocycles. The van der Waals surface area contributed by atoms with Crippen molar-refractivity contribution in [1.29, 1.82) is 0 Å². The second-order valence-electron chi connectivity index (χ2n) is 8.17. The largest absolute Gasteiger partial charge is 0.352 e. The molecule has 1 amide bonds. The Hall–Kier alpha value is -2.61. The summed E-state index contributed by atoms with van der Waals surface area (Å²) in [5.74, 6) is -0.0655. The van der Waals surface area contributed by atoms with Gasteiger partial charge in [0.05, 0.1) is 11.1 Å². The molecule has 168 valence electrons. The lowest BCUT2D eigenvalue weighted by Crippen LogP contribution is -2.30. The zero-order valence-electron chi connectivity index (χ0n) is 18.2. The predicted molar refractivity (Wildman–Crippen MR) is 136 cm³/mol. The fourth-order valence-corrected chi connectivity index (χ4v) is 6.00. The van der Waals surface area contributed by atoms with E-state index in [1.807, 2.05) is 44.2 Å². The Morgan fingerprint density at radius 2 is 1.85 bits per heavy atom. The van der Waals surface area contributed by atoms with E-state index < -0.39 is 5.25 Å². The molecular formula is C25H22ClN3O2S2. The molecule has 8 heteroatoms. The maximum absolute atomic E-state index is 13.7. The molecule has 2 aromatic carbocycles. The van der Waals surface area contributed by atoms with Crippen LogP contribution in [0.25, 0.3) is 15.9 Å². The average molecular weight is 496 g/mol. The Balaban J connectivity index is 1.68. The second kappa shape index (κ2) is 8.97. The van der Waals surface area contributed by atoms with Crippen LogP contribution in [0.3, 0.4) is 0 Å². The minimum atomic E-state index is -0.531. The standard InChI is InChI=1S/C25H22ClN3O2S2/c1-14-15(2)32-23-20(14)24(31)29(19-12-8-17(26)9-13-19)25(28-23)33-21(16-6-4-3-5-7-16)22(30)27-18-10-11-18/h3-9,12-13,18,21H,10-11H2,1-2H3,(H,27,30). The number of thiophene rings is 1. The maximum Gasteiger partial charge on any atom is 0.267 e. The molecule has 2 aromatic heterocycles. The van der Waals surface area contributed by atoms with E-state index in [-0.39, 0.29) is 17.5 Å². The quantitative estimate of drug-likeness (QED) is 0.270. The van der Waals surface area contributed by atoms with Crippen molar-refractivity contribution in [3.63, 3.8) is 0 Å². The van der Waals surface area contributed by atoms with Crippen LogP contribution in [0, 0.1) is 13.8 Å². The highest BCUT2D eigenvalue weighted by molar-refractivity contribution is 8.00. The molecule has 0 bridgehead atoms. The zero-order chi connectivity index (χ0) is 23.1. The Kier molecular flexibility index (Phi) is 6.03. The lowest BCUT2D eigenvalue weighted by molar-refractivity contribution is -0.120. The molecular weight excluding hydrogens is 474 g/mol. The smallest absolute Gasteiger partial charge is 0.267 e. The van der Waals surface area contributed by atoms with E-state index in [0.29, 0.717) is 26.1 Å². The summed E-state index contributed by atoms with van der Waals surface area (Å²) in [6.07, 6.45) is 2.01. The third-order valence-electron chi connectivity index (χ3n) is 5.74. The SMILES string of the molecule is Cc1sc2nc(SC(C(=O)NC3CC3)c3ccccc3)n(-c3ccc(Cl)cc3)c(=O)c2c1C. The van der Waals surface area contributed by atoms with Crippen LogP contribution < -0.4 is 10.9 Å². The first-order chi connectivity index (χ1) is 15.9. The van der Waals surface area contributed by atoms with Gasteiger partial charge in [-0.05, 0) is 62.1 Å². The van der Waals surface area contributed by atoms with Crippen molar-refractivity contribution in [3.8, 4) is 5.69 Å². The summed E-state index contributed by atoms with van der Waals surface area (Å²) in [6.45, 7) is 3.95. The monoisotopic (exact) mass is 495 g/mol. The molecule has 4 aromatic rings. The van der Waals surface area contributed by atoms with Gasteiger partial charge in [0.2, 0.25) is 5.91 Å². The molecule has 1 unspecified atom stereocenters. The van der Waals surface area contributed by atoms with Crippen LogP contribution in [0.2, 0.25) is 5.02 Å². The fraction of sp³-hybridized carbons (Fsp3) is 0.240. The van der Waals surface area contributed by atoms with Crippen LogP contribution in [-0.2, 0) is 4.79 Å². The highest BCUT2D eigenvalue weighted by Gasteiger charge is 2.31. The molecule has 2 heterocycles. The van der Waals surface area contributed by atoms with Gasteiger partial charge in [0.15, 0.2) is 5.16 Å². The number of aryl methyl sites for hydroxylation is 2. The van der Waals surface area contributed by atoms with E-state index in [2.05, 4.69) is 5.32 Å². The van der Waals surface area contributed by atoms with Gasteiger partial charge in [-0.3, -0.25) is 14.2 Å². The normalized spacial score (nSPS) is 14.4. The molecule has 1 fully saturated rings. The lowest BCUT2D eigenvalue weighted by atomic mass is 10.1. The molecule has 5 rings (SSSR count). The van der Waals surface area contributed by atoms with Gasteiger partial charge in [0.1, 0.15) is 10.1 Å². The minimum Gasteiger partial charge on any atom is -0.352 e. The van der Waals surface area contributed by atoms with Crippen molar-refractivity contribution < 1.29 is 4.79 Å². The Morgan fingerprint density at radius 3 is 2.52 bits per heavy atom. The molecule has 5 nitrogen and oxygen atoms in total. The highest BCUT2D eigenvalue weighted by Crippen LogP contribution is 2.38. The summed E-state index contributed by atoms with van der Waals surface area (Å²) in [4.78, 5) is 33.6. The van der Waals surface area contributed by atoms with E-state index in [1.165, 1.54) is 23.1 Å². The van der Waals surface area contributed by atoms with Gasteiger partial charge in [-0.1, -0.05) is 53.7 Å². The van der Waals surface area contributed by atoms with Crippen LogP contribution in [0.15, 0.2) is 64.5 Å². The van der Waals surface area contributed by atoms with E-state index >= 15 is 0 Å². The Morgan fingerprint density at radius 1 is 1.15 bits per heavy atom.